The summed E-state index contributed by atoms with van der Waals surface area (Å²) in [5.41, 5.74) is 0.901. The number of aliphatic hydroxyl groups is 1. The molecule has 2 aliphatic rings. The third-order valence-electron chi connectivity index (χ3n) is 7.12. The zero-order valence-corrected chi connectivity index (χ0v) is 20.9. The van der Waals surface area contributed by atoms with Gasteiger partial charge in [-0.25, -0.2) is 4.68 Å². The van der Waals surface area contributed by atoms with Crippen LogP contribution < -0.4 is 15.4 Å². The van der Waals surface area contributed by atoms with Crippen LogP contribution in [0.5, 0.6) is 5.88 Å². The maximum absolute atomic E-state index is 12.2. The van der Waals surface area contributed by atoms with Gasteiger partial charge in [-0.2, -0.15) is 5.10 Å². The second kappa shape index (κ2) is 10.8. The molecule has 3 rings (SSSR count). The van der Waals surface area contributed by atoms with E-state index in [0.717, 1.165) is 23.6 Å². The van der Waals surface area contributed by atoms with E-state index in [0.29, 0.717) is 24.3 Å². The number of ether oxygens (including phenoxy) is 1. The van der Waals surface area contributed by atoms with Crippen LogP contribution in [0.2, 0.25) is 0 Å². The average molecular weight is 459 g/mol. The lowest BCUT2D eigenvalue weighted by atomic mass is 9.65. The summed E-state index contributed by atoms with van der Waals surface area (Å²) in [5.74, 6) is 2.45. The fourth-order valence-electron chi connectivity index (χ4n) is 5.24. The summed E-state index contributed by atoms with van der Waals surface area (Å²) in [7, 11) is 1.64. The van der Waals surface area contributed by atoms with Crippen LogP contribution in [0.25, 0.3) is 11.9 Å². The molecule has 0 spiro atoms. The first-order valence-corrected chi connectivity index (χ1v) is 12.3. The molecule has 2 fully saturated rings. The summed E-state index contributed by atoms with van der Waals surface area (Å²) in [4.78, 5) is 12.2. The van der Waals surface area contributed by atoms with Crippen LogP contribution in [0.3, 0.4) is 0 Å². The number of carbonyl (C=O) groups is 1. The monoisotopic (exact) mass is 458 g/mol. The number of carbonyl (C=O) groups excluding carboxylic acids is 1. The number of aromatic nitrogens is 2. The Balaban J connectivity index is 1.83. The average Bonchev–Trinajstić information content (AvgIpc) is 3.20. The normalized spacial score (nSPS) is 25.3. The van der Waals surface area contributed by atoms with E-state index < -0.39 is 5.41 Å². The summed E-state index contributed by atoms with van der Waals surface area (Å²) in [6, 6.07) is 0.211. The number of nitrogens with one attached hydrogen (secondary N) is 2. The highest BCUT2D eigenvalue weighted by molar-refractivity contribution is 5.84. The molecule has 0 aliphatic heterocycles. The number of hydrogen-bond acceptors (Lipinski definition) is 5. The number of nitrogens with zero attached hydrogens (tertiary/aromatic N) is 2. The Kier molecular flexibility index (Phi) is 8.27. The molecule has 3 unspecified atom stereocenters. The maximum atomic E-state index is 12.2. The van der Waals surface area contributed by atoms with Crippen molar-refractivity contribution in [2.45, 2.75) is 65.8 Å². The van der Waals surface area contributed by atoms with Gasteiger partial charge >= 0.3 is 0 Å². The van der Waals surface area contributed by atoms with Gasteiger partial charge in [0.2, 0.25) is 11.8 Å². The minimum absolute atomic E-state index is 0.0695. The molecule has 7 heteroatoms. The highest BCUT2D eigenvalue weighted by Gasteiger charge is 2.40. The van der Waals surface area contributed by atoms with Crippen molar-refractivity contribution in [2.24, 2.45) is 29.1 Å². The van der Waals surface area contributed by atoms with Gasteiger partial charge < -0.3 is 20.5 Å². The molecule has 0 saturated heterocycles. The summed E-state index contributed by atoms with van der Waals surface area (Å²) < 4.78 is 7.84. The smallest absolute Gasteiger partial charge is 0.229 e. The number of rotatable bonds is 10. The number of hydrogen-bond donors (Lipinski definition) is 3. The Labute approximate surface area is 198 Å². The molecular formula is C26H42N4O3. The Hall–Kier alpha value is -2.28. The van der Waals surface area contributed by atoms with Crippen molar-refractivity contribution in [1.29, 1.82) is 0 Å². The van der Waals surface area contributed by atoms with Crippen LogP contribution >= 0.6 is 0 Å². The Morgan fingerprint density at radius 1 is 1.39 bits per heavy atom. The van der Waals surface area contributed by atoms with E-state index in [1.807, 2.05) is 19.9 Å². The van der Waals surface area contributed by atoms with Crippen LogP contribution in [-0.2, 0) is 4.79 Å². The van der Waals surface area contributed by atoms with Crippen LogP contribution in [0.4, 0.5) is 0 Å². The van der Waals surface area contributed by atoms with Gasteiger partial charge in [-0.1, -0.05) is 39.3 Å². The first-order chi connectivity index (χ1) is 15.7. The maximum Gasteiger partial charge on any atom is 0.229 e. The zero-order valence-electron chi connectivity index (χ0n) is 20.9. The molecule has 3 N–H and O–H groups in total. The van der Waals surface area contributed by atoms with Gasteiger partial charge in [-0.15, -0.1) is 0 Å². The number of amides is 1. The molecule has 4 atom stereocenters. The molecular weight excluding hydrogens is 416 g/mol. The summed E-state index contributed by atoms with van der Waals surface area (Å²) >= 11 is 0. The zero-order chi connectivity index (χ0) is 24.2. The first-order valence-electron chi connectivity index (χ1n) is 12.3. The fourth-order valence-corrected chi connectivity index (χ4v) is 5.24. The van der Waals surface area contributed by atoms with Gasteiger partial charge in [-0.3, -0.25) is 4.79 Å². The summed E-state index contributed by atoms with van der Waals surface area (Å²) in [5, 5.41) is 20.9. The van der Waals surface area contributed by atoms with Crippen LogP contribution in [0.1, 0.15) is 65.4 Å². The molecule has 2 saturated carbocycles. The standard InChI is InChI=1S/C26H42N4O3/c1-17(2)16-33-24-22(14-28-30(24)11-10-26(4,5)25(32)27-6)18(3)29-23-20-9-7-8-19(12-20)13-21(23)15-31/h10-11,14,17,19-21,23,29,31H,3,7-9,12-13,15-16H2,1-2,4-6H3,(H,27,32)/b11-10+/t19?,20?,21?,23-/m0/s1. The molecule has 0 aromatic carbocycles. The van der Waals surface area contributed by atoms with Crippen molar-refractivity contribution in [3.63, 3.8) is 0 Å². The van der Waals surface area contributed by atoms with Gasteiger partial charge in [0.15, 0.2) is 0 Å². The lowest BCUT2D eigenvalue weighted by Gasteiger charge is -2.45. The van der Waals surface area contributed by atoms with E-state index in [4.69, 9.17) is 4.74 Å². The molecule has 7 nitrogen and oxygen atoms in total. The van der Waals surface area contributed by atoms with Crippen LogP contribution in [0.15, 0.2) is 18.9 Å². The topological polar surface area (TPSA) is 88.4 Å². The van der Waals surface area contributed by atoms with Gasteiger partial charge in [0, 0.05) is 37.5 Å². The molecule has 1 aromatic heterocycles. The lowest BCUT2D eigenvalue weighted by molar-refractivity contribution is -0.126. The van der Waals surface area contributed by atoms with Crippen molar-refractivity contribution in [2.75, 3.05) is 20.3 Å². The van der Waals surface area contributed by atoms with Gasteiger partial charge in [-0.05, 0) is 50.9 Å². The Morgan fingerprint density at radius 2 is 2.15 bits per heavy atom. The quantitative estimate of drug-likeness (QED) is 0.495. The highest BCUT2D eigenvalue weighted by atomic mass is 16.5. The first kappa shape index (κ1) is 25.3. The SMILES string of the molecule is C=C(N[C@@H]1C(CO)CC2CCCC1C2)c1cnn(/C=C/C(C)(C)C(=O)NC)c1OCC(C)C. The molecule has 33 heavy (non-hydrogen) atoms. The third kappa shape index (κ3) is 5.99. The Morgan fingerprint density at radius 3 is 2.82 bits per heavy atom. The molecule has 184 valence electrons. The summed E-state index contributed by atoms with van der Waals surface area (Å²) in [6.45, 7) is 13.0. The van der Waals surface area contributed by atoms with Crippen molar-refractivity contribution in [3.8, 4) is 5.88 Å². The van der Waals surface area contributed by atoms with Crippen LogP contribution in [-0.4, -0.2) is 47.1 Å². The van der Waals surface area contributed by atoms with E-state index in [1.54, 1.807) is 24.1 Å². The predicted molar refractivity (Wildman–Crippen MR) is 132 cm³/mol. The lowest BCUT2D eigenvalue weighted by Crippen LogP contribution is -2.48. The largest absolute Gasteiger partial charge is 0.477 e. The highest BCUT2D eigenvalue weighted by Crippen LogP contribution is 2.43. The number of fused-ring (bicyclic) bond motifs is 2. The third-order valence-corrected chi connectivity index (χ3v) is 7.12. The van der Waals surface area contributed by atoms with E-state index in [-0.39, 0.29) is 24.5 Å². The van der Waals surface area contributed by atoms with Gasteiger partial charge in [0.1, 0.15) is 0 Å². The molecule has 2 bridgehead atoms. The van der Waals surface area contributed by atoms with E-state index in [9.17, 15) is 9.90 Å². The van der Waals surface area contributed by atoms with E-state index in [2.05, 4.69) is 36.2 Å². The van der Waals surface area contributed by atoms with Gasteiger partial charge in [0.05, 0.1) is 23.8 Å². The van der Waals surface area contributed by atoms with Crippen molar-refractivity contribution >= 4 is 17.8 Å². The Bertz CT molecular complexity index is 856. The second-order valence-corrected chi connectivity index (χ2v) is 10.7. The summed E-state index contributed by atoms with van der Waals surface area (Å²) in [6.07, 6.45) is 11.4. The molecule has 2 aliphatic carbocycles. The van der Waals surface area contributed by atoms with Gasteiger partial charge in [0.25, 0.3) is 0 Å². The van der Waals surface area contributed by atoms with Crippen LogP contribution in [0, 0.1) is 29.1 Å². The minimum Gasteiger partial charge on any atom is -0.477 e. The van der Waals surface area contributed by atoms with E-state index in [1.165, 1.54) is 25.7 Å². The van der Waals surface area contributed by atoms with Crippen molar-refractivity contribution in [1.82, 2.24) is 20.4 Å². The molecule has 1 aromatic rings. The number of aliphatic hydroxyl groups excluding tert-OH is 1. The van der Waals surface area contributed by atoms with E-state index >= 15 is 0 Å². The fraction of sp³-hybridized carbons (Fsp3) is 0.692. The molecule has 1 amide bonds. The predicted octanol–water partition coefficient (Wildman–Crippen LogP) is 3.91. The second-order valence-electron chi connectivity index (χ2n) is 10.7. The molecule has 0 radical (unpaired) electrons. The minimum atomic E-state index is -0.681. The molecule has 1 heterocycles. The van der Waals surface area contributed by atoms with Crippen molar-refractivity contribution in [3.05, 3.63) is 24.4 Å². The van der Waals surface area contributed by atoms with Crippen molar-refractivity contribution < 1.29 is 14.6 Å².